The van der Waals surface area contributed by atoms with Gasteiger partial charge < -0.3 is 15.2 Å². The summed E-state index contributed by atoms with van der Waals surface area (Å²) >= 11 is 0. The number of nitrogen functional groups attached to an aromatic ring is 1. The molecule has 0 fully saturated rings. The molecule has 2 N–H and O–H groups in total. The van der Waals surface area contributed by atoms with E-state index in [4.69, 9.17) is 15.2 Å². The van der Waals surface area contributed by atoms with Crippen LogP contribution in [0.5, 0.6) is 11.5 Å². The molecule has 0 unspecified atom stereocenters. The fraction of sp³-hybridized carbons (Fsp3) is 0.250. The van der Waals surface area contributed by atoms with Crippen molar-refractivity contribution in [1.29, 1.82) is 0 Å². The van der Waals surface area contributed by atoms with E-state index in [1.807, 2.05) is 0 Å². The maximum Gasteiger partial charge on any atom is 0.197 e. The van der Waals surface area contributed by atoms with Crippen molar-refractivity contribution in [2.24, 2.45) is 7.05 Å². The van der Waals surface area contributed by atoms with E-state index in [1.54, 1.807) is 7.05 Å². The summed E-state index contributed by atoms with van der Waals surface area (Å²) in [7, 11) is 4.19. The lowest BCUT2D eigenvalue weighted by Gasteiger charge is -2.14. The Kier molecular flexibility index (Phi) is 3.28. The van der Waals surface area contributed by atoms with Crippen molar-refractivity contribution < 1.29 is 18.3 Å². The second-order valence-electron chi connectivity index (χ2n) is 3.85. The highest BCUT2D eigenvalue weighted by Gasteiger charge is 2.24. The smallest absolute Gasteiger partial charge is 0.197 e. The molecule has 0 bridgehead atoms. The Hall–Kier alpha value is -2.31. The molecule has 2 rings (SSSR count). The van der Waals surface area contributed by atoms with E-state index in [1.165, 1.54) is 25.1 Å². The normalized spacial score (nSPS) is 10.6. The van der Waals surface area contributed by atoms with Crippen molar-refractivity contribution in [3.05, 3.63) is 23.9 Å². The molecule has 1 aromatic heterocycles. The SMILES string of the molecule is COc1c(F)cc(F)c(-c2cnn(C)c2N)c1OC. The van der Waals surface area contributed by atoms with Crippen LogP contribution >= 0.6 is 0 Å². The number of halogens is 2. The third kappa shape index (κ3) is 1.96. The molecule has 19 heavy (non-hydrogen) atoms. The number of aromatic nitrogens is 2. The van der Waals surface area contributed by atoms with E-state index in [-0.39, 0.29) is 22.9 Å². The van der Waals surface area contributed by atoms with Gasteiger partial charge >= 0.3 is 0 Å². The quantitative estimate of drug-likeness (QED) is 0.925. The summed E-state index contributed by atoms with van der Waals surface area (Å²) < 4.78 is 38.9. The van der Waals surface area contributed by atoms with E-state index in [9.17, 15) is 8.78 Å². The highest BCUT2D eigenvalue weighted by Crippen LogP contribution is 2.43. The van der Waals surface area contributed by atoms with E-state index in [2.05, 4.69) is 5.10 Å². The number of benzene rings is 1. The minimum absolute atomic E-state index is 0.0198. The third-order valence-corrected chi connectivity index (χ3v) is 2.80. The van der Waals surface area contributed by atoms with Gasteiger partial charge in [0.2, 0.25) is 0 Å². The number of ether oxygens (including phenoxy) is 2. The summed E-state index contributed by atoms with van der Waals surface area (Å²) in [6, 6.07) is 0.725. The Morgan fingerprint density at radius 2 is 1.79 bits per heavy atom. The molecule has 0 radical (unpaired) electrons. The van der Waals surface area contributed by atoms with Crippen molar-refractivity contribution in [3.8, 4) is 22.6 Å². The molecule has 2 aromatic rings. The summed E-state index contributed by atoms with van der Waals surface area (Å²) in [5, 5.41) is 3.92. The first-order valence-electron chi connectivity index (χ1n) is 5.39. The molecule has 0 aliphatic heterocycles. The number of hydrogen-bond acceptors (Lipinski definition) is 4. The predicted octanol–water partition coefficient (Wildman–Crippen LogP) is 1.96. The van der Waals surface area contributed by atoms with Gasteiger partial charge in [0, 0.05) is 13.1 Å². The van der Waals surface area contributed by atoms with Crippen molar-refractivity contribution >= 4 is 5.82 Å². The summed E-state index contributed by atoms with van der Waals surface area (Å²) in [5.41, 5.74) is 6.14. The molecule has 0 atom stereocenters. The van der Waals surface area contributed by atoms with Crippen LogP contribution in [0.1, 0.15) is 0 Å². The van der Waals surface area contributed by atoms with Gasteiger partial charge in [-0.3, -0.25) is 4.68 Å². The van der Waals surface area contributed by atoms with Gasteiger partial charge in [-0.1, -0.05) is 0 Å². The van der Waals surface area contributed by atoms with Crippen LogP contribution in [-0.2, 0) is 7.05 Å². The lowest BCUT2D eigenvalue weighted by molar-refractivity contribution is 0.335. The molecule has 0 spiro atoms. The Bertz CT molecular complexity index is 626. The Balaban J connectivity index is 2.79. The first-order valence-corrected chi connectivity index (χ1v) is 5.39. The predicted molar refractivity (Wildman–Crippen MR) is 66.1 cm³/mol. The van der Waals surface area contributed by atoms with E-state index in [0.29, 0.717) is 5.56 Å². The summed E-state index contributed by atoms with van der Waals surface area (Å²) in [4.78, 5) is 0. The van der Waals surface area contributed by atoms with Crippen LogP contribution < -0.4 is 15.2 Å². The van der Waals surface area contributed by atoms with Crippen LogP contribution in [0, 0.1) is 11.6 Å². The van der Waals surface area contributed by atoms with Crippen LogP contribution in [0.25, 0.3) is 11.1 Å². The zero-order chi connectivity index (χ0) is 14.2. The number of rotatable bonds is 3. The van der Waals surface area contributed by atoms with Crippen molar-refractivity contribution in [3.63, 3.8) is 0 Å². The van der Waals surface area contributed by atoms with Crippen LogP contribution in [-0.4, -0.2) is 24.0 Å². The molecule has 1 heterocycles. The van der Waals surface area contributed by atoms with E-state index in [0.717, 1.165) is 6.07 Å². The minimum Gasteiger partial charge on any atom is -0.492 e. The maximum atomic E-state index is 14.0. The van der Waals surface area contributed by atoms with Gasteiger partial charge in [-0.2, -0.15) is 5.10 Å². The van der Waals surface area contributed by atoms with Crippen molar-refractivity contribution in [2.75, 3.05) is 20.0 Å². The number of nitrogens with two attached hydrogens (primary N) is 1. The second kappa shape index (κ2) is 4.75. The van der Waals surface area contributed by atoms with Gasteiger partial charge in [0.05, 0.1) is 31.5 Å². The molecule has 0 amide bonds. The first-order chi connectivity index (χ1) is 9.01. The lowest BCUT2D eigenvalue weighted by atomic mass is 10.1. The third-order valence-electron chi connectivity index (χ3n) is 2.80. The largest absolute Gasteiger partial charge is 0.492 e. The molecular formula is C12H13F2N3O2. The lowest BCUT2D eigenvalue weighted by Crippen LogP contribution is -2.02. The van der Waals surface area contributed by atoms with Crippen LogP contribution in [0.15, 0.2) is 12.3 Å². The maximum absolute atomic E-state index is 14.0. The van der Waals surface area contributed by atoms with E-state index < -0.39 is 11.6 Å². The van der Waals surface area contributed by atoms with Crippen LogP contribution in [0.4, 0.5) is 14.6 Å². The fourth-order valence-corrected chi connectivity index (χ4v) is 1.85. The highest BCUT2D eigenvalue weighted by molar-refractivity contribution is 5.81. The molecule has 1 aromatic carbocycles. The molecule has 102 valence electrons. The number of anilines is 1. The molecule has 0 saturated heterocycles. The standard InChI is InChI=1S/C12H13F2N3O2/c1-17-12(15)6(5-16-17)9-7(13)4-8(14)10(18-2)11(9)19-3/h4-5H,15H2,1-3H3. The zero-order valence-corrected chi connectivity index (χ0v) is 10.7. The highest BCUT2D eigenvalue weighted by atomic mass is 19.1. The average molecular weight is 269 g/mol. The summed E-state index contributed by atoms with van der Waals surface area (Å²) in [6.07, 6.45) is 1.38. The average Bonchev–Trinajstić information content (AvgIpc) is 2.69. The Labute approximate surface area is 108 Å². The molecule has 0 aliphatic rings. The molecule has 0 saturated carbocycles. The van der Waals surface area contributed by atoms with Crippen LogP contribution in [0.3, 0.4) is 0 Å². The minimum atomic E-state index is -0.844. The zero-order valence-electron chi connectivity index (χ0n) is 10.7. The molecular weight excluding hydrogens is 256 g/mol. The molecule has 7 heteroatoms. The van der Waals surface area contributed by atoms with E-state index >= 15 is 0 Å². The second-order valence-corrected chi connectivity index (χ2v) is 3.85. The van der Waals surface area contributed by atoms with Crippen molar-refractivity contribution in [1.82, 2.24) is 9.78 Å². The van der Waals surface area contributed by atoms with Gasteiger partial charge in [0.1, 0.15) is 11.6 Å². The number of aryl methyl sites for hydroxylation is 1. The van der Waals surface area contributed by atoms with Crippen molar-refractivity contribution in [2.45, 2.75) is 0 Å². The van der Waals surface area contributed by atoms with Gasteiger partial charge in [-0.05, 0) is 0 Å². The molecule has 0 aliphatic carbocycles. The van der Waals surface area contributed by atoms with Gasteiger partial charge in [-0.15, -0.1) is 0 Å². The number of nitrogens with zero attached hydrogens (tertiary/aromatic N) is 2. The van der Waals surface area contributed by atoms with Gasteiger partial charge in [0.15, 0.2) is 17.3 Å². The number of methoxy groups -OCH3 is 2. The van der Waals surface area contributed by atoms with Crippen LogP contribution in [0.2, 0.25) is 0 Å². The fourth-order valence-electron chi connectivity index (χ4n) is 1.85. The Morgan fingerprint density at radius 3 is 2.26 bits per heavy atom. The first kappa shape index (κ1) is 13.1. The Morgan fingerprint density at radius 1 is 1.16 bits per heavy atom. The van der Waals surface area contributed by atoms with Gasteiger partial charge in [-0.25, -0.2) is 8.78 Å². The van der Waals surface area contributed by atoms with Gasteiger partial charge in [0.25, 0.3) is 0 Å². The summed E-state index contributed by atoms with van der Waals surface area (Å²) in [6.45, 7) is 0. The number of hydrogen-bond donors (Lipinski definition) is 1. The summed E-state index contributed by atoms with van der Waals surface area (Å²) in [5.74, 6) is -1.63. The monoisotopic (exact) mass is 269 g/mol. The topological polar surface area (TPSA) is 62.3 Å². The molecule has 5 nitrogen and oxygen atoms in total.